The minimum atomic E-state index is -4.58. The van der Waals surface area contributed by atoms with Crippen LogP contribution in [0.1, 0.15) is 6.92 Å². The molecule has 0 saturated heterocycles. The first-order valence-electron chi connectivity index (χ1n) is 3.32. The van der Waals surface area contributed by atoms with Crippen LogP contribution >= 0.6 is 0 Å². The Hall–Kier alpha value is -0.730. The Morgan fingerprint density at radius 2 is 2.08 bits per heavy atom. The number of terminal acetylenes is 1. The quantitative estimate of drug-likeness (QED) is 0.622. The summed E-state index contributed by atoms with van der Waals surface area (Å²) in [7, 11) is 0. The summed E-state index contributed by atoms with van der Waals surface area (Å²) in [5.74, 6) is 2.18. The van der Waals surface area contributed by atoms with Crippen molar-refractivity contribution in [3.8, 4) is 12.3 Å². The van der Waals surface area contributed by atoms with Crippen molar-refractivity contribution in [2.24, 2.45) is 0 Å². The van der Waals surface area contributed by atoms with Crippen LogP contribution in [0.4, 0.5) is 13.2 Å². The van der Waals surface area contributed by atoms with E-state index in [0.717, 1.165) is 0 Å². The van der Waals surface area contributed by atoms with Crippen LogP contribution in [0.3, 0.4) is 0 Å². The van der Waals surface area contributed by atoms with E-state index in [1.54, 1.807) is 0 Å². The highest BCUT2D eigenvalue weighted by molar-refractivity contribution is 4.96. The van der Waals surface area contributed by atoms with E-state index < -0.39 is 24.9 Å². The van der Waals surface area contributed by atoms with Crippen LogP contribution < -0.4 is 5.32 Å². The molecule has 0 fully saturated rings. The lowest BCUT2D eigenvalue weighted by Gasteiger charge is -2.16. The van der Waals surface area contributed by atoms with Gasteiger partial charge in [-0.1, -0.05) is 5.92 Å². The van der Waals surface area contributed by atoms with Crippen molar-refractivity contribution in [1.29, 1.82) is 0 Å². The zero-order valence-corrected chi connectivity index (χ0v) is 6.52. The predicted molar refractivity (Wildman–Crippen MR) is 38.4 cm³/mol. The van der Waals surface area contributed by atoms with Crippen molar-refractivity contribution in [2.75, 3.05) is 6.54 Å². The van der Waals surface area contributed by atoms with Gasteiger partial charge in [-0.15, -0.1) is 6.42 Å². The molecular weight excluding hydrogens is 171 g/mol. The molecule has 2 unspecified atom stereocenters. The fourth-order valence-electron chi connectivity index (χ4n) is 0.463. The largest absolute Gasteiger partial charge is 0.415 e. The van der Waals surface area contributed by atoms with Gasteiger partial charge in [-0.25, -0.2) is 0 Å². The molecule has 0 radical (unpaired) electrons. The number of aliphatic hydroxyl groups excluding tert-OH is 1. The standard InChI is InChI=1S/C7H10F3NO/c1-3-5(2)11-4-6(12)7(8,9)10/h1,5-6,11-12H,4H2,2H3. The average Bonchev–Trinajstić information content (AvgIpc) is 1.97. The second-order valence-electron chi connectivity index (χ2n) is 2.35. The molecular formula is C7H10F3NO. The zero-order chi connectivity index (χ0) is 9.78. The van der Waals surface area contributed by atoms with Gasteiger partial charge in [0.1, 0.15) is 0 Å². The summed E-state index contributed by atoms with van der Waals surface area (Å²) in [5, 5.41) is 10.8. The van der Waals surface area contributed by atoms with Crippen LogP contribution in [0.15, 0.2) is 0 Å². The monoisotopic (exact) mass is 181 g/mol. The summed E-state index contributed by atoms with van der Waals surface area (Å²) >= 11 is 0. The van der Waals surface area contributed by atoms with Gasteiger partial charge in [-0.05, 0) is 6.92 Å². The first kappa shape index (κ1) is 11.3. The van der Waals surface area contributed by atoms with Crippen LogP contribution in [0.2, 0.25) is 0 Å². The van der Waals surface area contributed by atoms with E-state index in [1.165, 1.54) is 6.92 Å². The van der Waals surface area contributed by atoms with Gasteiger partial charge < -0.3 is 10.4 Å². The molecule has 12 heavy (non-hydrogen) atoms. The smallest absolute Gasteiger partial charge is 0.382 e. The van der Waals surface area contributed by atoms with Gasteiger partial charge in [0.2, 0.25) is 0 Å². The lowest BCUT2D eigenvalue weighted by Crippen LogP contribution is -2.41. The third-order valence-corrected chi connectivity index (χ3v) is 1.25. The Balaban J connectivity index is 3.74. The van der Waals surface area contributed by atoms with Crippen molar-refractivity contribution in [3.05, 3.63) is 0 Å². The van der Waals surface area contributed by atoms with E-state index in [0.29, 0.717) is 0 Å². The fourth-order valence-corrected chi connectivity index (χ4v) is 0.463. The van der Waals surface area contributed by atoms with Crippen LogP contribution in [-0.4, -0.2) is 30.0 Å². The van der Waals surface area contributed by atoms with E-state index in [2.05, 4.69) is 11.2 Å². The molecule has 70 valence electrons. The van der Waals surface area contributed by atoms with Crippen molar-refractivity contribution >= 4 is 0 Å². The molecule has 0 aliphatic carbocycles. The maximum absolute atomic E-state index is 11.7. The van der Waals surface area contributed by atoms with Crippen LogP contribution in [0.25, 0.3) is 0 Å². The summed E-state index contributed by atoms with van der Waals surface area (Å²) in [5.41, 5.74) is 0. The summed E-state index contributed by atoms with van der Waals surface area (Å²) in [6.45, 7) is 0.956. The number of nitrogens with one attached hydrogen (secondary N) is 1. The Kier molecular flexibility index (Phi) is 4.07. The first-order valence-corrected chi connectivity index (χ1v) is 3.32. The minimum absolute atomic E-state index is 0.470. The van der Waals surface area contributed by atoms with E-state index in [1.807, 2.05) is 0 Å². The number of hydrogen-bond acceptors (Lipinski definition) is 2. The summed E-state index contributed by atoms with van der Waals surface area (Å²) in [6.07, 6.45) is -2.04. The normalized spacial score (nSPS) is 16.7. The maximum atomic E-state index is 11.7. The molecule has 0 spiro atoms. The number of hydrogen-bond donors (Lipinski definition) is 2. The summed E-state index contributed by atoms with van der Waals surface area (Å²) in [4.78, 5) is 0. The minimum Gasteiger partial charge on any atom is -0.382 e. The number of aliphatic hydroxyl groups is 1. The van der Waals surface area contributed by atoms with Gasteiger partial charge in [0.05, 0.1) is 6.04 Å². The molecule has 0 bridgehead atoms. The Morgan fingerprint density at radius 3 is 2.42 bits per heavy atom. The molecule has 2 atom stereocenters. The highest BCUT2D eigenvalue weighted by Crippen LogP contribution is 2.19. The van der Waals surface area contributed by atoms with E-state index >= 15 is 0 Å². The van der Waals surface area contributed by atoms with Gasteiger partial charge in [0.25, 0.3) is 0 Å². The average molecular weight is 181 g/mol. The zero-order valence-electron chi connectivity index (χ0n) is 6.52. The maximum Gasteiger partial charge on any atom is 0.415 e. The Labute approximate surface area is 68.8 Å². The van der Waals surface area contributed by atoms with Crippen molar-refractivity contribution in [1.82, 2.24) is 5.32 Å². The van der Waals surface area contributed by atoms with Crippen LogP contribution in [0.5, 0.6) is 0 Å². The topological polar surface area (TPSA) is 32.3 Å². The van der Waals surface area contributed by atoms with Gasteiger partial charge in [0.15, 0.2) is 6.10 Å². The molecule has 0 aliphatic heterocycles. The van der Waals surface area contributed by atoms with Crippen LogP contribution in [-0.2, 0) is 0 Å². The van der Waals surface area contributed by atoms with Gasteiger partial charge in [-0.3, -0.25) is 0 Å². The van der Waals surface area contributed by atoms with E-state index in [9.17, 15) is 13.2 Å². The second kappa shape index (κ2) is 4.33. The lowest BCUT2D eigenvalue weighted by molar-refractivity contribution is -0.201. The second-order valence-corrected chi connectivity index (χ2v) is 2.35. The molecule has 0 rings (SSSR count). The fraction of sp³-hybridized carbons (Fsp3) is 0.714. The first-order chi connectivity index (χ1) is 5.38. The van der Waals surface area contributed by atoms with Crippen molar-refractivity contribution < 1.29 is 18.3 Å². The van der Waals surface area contributed by atoms with Gasteiger partial charge >= 0.3 is 6.18 Å². The molecule has 0 amide bonds. The van der Waals surface area contributed by atoms with Crippen molar-refractivity contribution in [2.45, 2.75) is 25.2 Å². The molecule has 0 aromatic rings. The lowest BCUT2D eigenvalue weighted by atomic mass is 10.3. The number of rotatable bonds is 3. The molecule has 0 aromatic heterocycles. The van der Waals surface area contributed by atoms with E-state index in [-0.39, 0.29) is 0 Å². The molecule has 2 N–H and O–H groups in total. The Bertz CT molecular complexity index is 172. The third kappa shape index (κ3) is 4.21. The molecule has 2 nitrogen and oxygen atoms in total. The summed E-state index contributed by atoms with van der Waals surface area (Å²) < 4.78 is 35.0. The molecule has 0 heterocycles. The highest BCUT2D eigenvalue weighted by Gasteiger charge is 2.37. The Morgan fingerprint density at radius 1 is 1.58 bits per heavy atom. The number of alkyl halides is 3. The third-order valence-electron chi connectivity index (χ3n) is 1.25. The highest BCUT2D eigenvalue weighted by atomic mass is 19.4. The van der Waals surface area contributed by atoms with Crippen LogP contribution in [0, 0.1) is 12.3 Å². The SMILES string of the molecule is C#CC(C)NCC(O)C(F)(F)F. The molecule has 5 heteroatoms. The molecule has 0 aliphatic rings. The molecule has 0 aromatic carbocycles. The van der Waals surface area contributed by atoms with Gasteiger partial charge in [0, 0.05) is 6.54 Å². The van der Waals surface area contributed by atoms with E-state index in [4.69, 9.17) is 11.5 Å². The van der Waals surface area contributed by atoms with Gasteiger partial charge in [-0.2, -0.15) is 13.2 Å². The van der Waals surface area contributed by atoms with Crippen molar-refractivity contribution in [3.63, 3.8) is 0 Å². The predicted octanol–water partition coefficient (Wildman–Crippen LogP) is 0.521. The molecule has 0 saturated carbocycles. The number of halogens is 3. The summed E-state index contributed by atoms with van der Waals surface area (Å²) in [6, 6.07) is -0.470.